The van der Waals surface area contributed by atoms with Gasteiger partial charge >= 0.3 is 0 Å². The molecule has 1 saturated carbocycles. The van der Waals surface area contributed by atoms with Gasteiger partial charge in [0.1, 0.15) is 5.82 Å². The molecule has 0 bridgehead atoms. The maximum absolute atomic E-state index is 8.99. The molecular weight excluding hydrogens is 344 g/mol. The summed E-state index contributed by atoms with van der Waals surface area (Å²) in [6.07, 6.45) is 7.99. The third-order valence-electron chi connectivity index (χ3n) is 6.50. The summed E-state index contributed by atoms with van der Waals surface area (Å²) in [5.41, 5.74) is 5.32. The Morgan fingerprint density at radius 1 is 0.893 bits per heavy atom. The summed E-state index contributed by atoms with van der Waals surface area (Å²) in [5.74, 6) is 1.23. The fraction of sp³-hybridized carbons (Fsp3) is 0.417. The number of fused-ring (bicyclic) bond motifs is 3. The topological polar surface area (TPSA) is 44.9 Å². The fourth-order valence-electron chi connectivity index (χ4n) is 4.93. The van der Waals surface area contributed by atoms with Crippen LogP contribution in [-0.4, -0.2) is 33.6 Å². The van der Waals surface area contributed by atoms with E-state index in [1.165, 1.54) is 43.4 Å². The molecule has 142 valence electrons. The highest BCUT2D eigenvalue weighted by Gasteiger charge is 2.24. The van der Waals surface area contributed by atoms with Gasteiger partial charge in [-0.1, -0.05) is 37.5 Å². The van der Waals surface area contributed by atoms with Crippen molar-refractivity contribution in [1.29, 1.82) is 5.26 Å². The number of aromatic nitrogens is 2. The van der Waals surface area contributed by atoms with Crippen LogP contribution < -0.4 is 0 Å². The second kappa shape index (κ2) is 7.41. The van der Waals surface area contributed by atoms with E-state index in [1.54, 1.807) is 0 Å². The lowest BCUT2D eigenvalue weighted by molar-refractivity contribution is 0.159. The summed E-state index contributed by atoms with van der Waals surface area (Å²) in [5, 5.41) is 8.99. The molecule has 0 amide bonds. The molecule has 0 unspecified atom stereocenters. The van der Waals surface area contributed by atoms with Crippen LogP contribution in [0.4, 0.5) is 0 Å². The van der Waals surface area contributed by atoms with Crippen molar-refractivity contribution in [2.24, 2.45) is 0 Å². The van der Waals surface area contributed by atoms with Crippen LogP contribution in [0.1, 0.15) is 43.5 Å². The second-order valence-electron chi connectivity index (χ2n) is 8.15. The summed E-state index contributed by atoms with van der Waals surface area (Å²) in [6, 6.07) is 17.3. The van der Waals surface area contributed by atoms with Gasteiger partial charge in [0.15, 0.2) is 0 Å². The summed E-state index contributed by atoms with van der Waals surface area (Å²) in [6.45, 7) is 3.31. The Balaban J connectivity index is 1.40. The highest BCUT2D eigenvalue weighted by Crippen LogP contribution is 2.28. The monoisotopic (exact) mass is 370 g/mol. The normalized spacial score (nSPS) is 18.5. The van der Waals surface area contributed by atoms with Crippen molar-refractivity contribution in [3.05, 3.63) is 53.9 Å². The van der Waals surface area contributed by atoms with Gasteiger partial charge in [0, 0.05) is 32.1 Å². The molecule has 4 heteroatoms. The molecule has 1 fully saturated rings. The number of hydrogen-bond donors (Lipinski definition) is 0. The first-order chi connectivity index (χ1) is 13.8. The molecule has 28 heavy (non-hydrogen) atoms. The molecule has 2 aromatic carbocycles. The molecule has 1 aliphatic carbocycles. The molecule has 0 atom stereocenters. The molecular formula is C24H26N4. The molecule has 0 N–H and O–H groups in total. The first-order valence-electron chi connectivity index (χ1n) is 10.6. The molecule has 5 rings (SSSR count). The Hall–Kier alpha value is -2.64. The predicted molar refractivity (Wildman–Crippen MR) is 112 cm³/mol. The van der Waals surface area contributed by atoms with Gasteiger partial charge in [-0.2, -0.15) is 5.26 Å². The first kappa shape index (κ1) is 17.5. The van der Waals surface area contributed by atoms with E-state index in [0.717, 1.165) is 48.7 Å². The van der Waals surface area contributed by atoms with Crippen LogP contribution in [0.2, 0.25) is 0 Å². The standard InChI is InChI=1S/C24H26N4/c25-17-18-6-8-19(9-7-18)20-10-11-23-22(16-20)26-24-12-13-27(14-15-28(23)24)21-4-2-1-3-5-21/h6-11,16,21H,1-5,12-15H2. The minimum absolute atomic E-state index is 0.695. The number of imidazole rings is 1. The third kappa shape index (κ3) is 3.21. The van der Waals surface area contributed by atoms with Gasteiger partial charge in [-0.05, 0) is 48.2 Å². The molecule has 2 heterocycles. The minimum Gasteiger partial charge on any atom is -0.327 e. The fourth-order valence-corrected chi connectivity index (χ4v) is 4.93. The average molecular weight is 371 g/mol. The van der Waals surface area contributed by atoms with Crippen LogP contribution >= 0.6 is 0 Å². The van der Waals surface area contributed by atoms with Gasteiger partial charge in [0.05, 0.1) is 22.7 Å². The molecule has 0 saturated heterocycles. The number of hydrogen-bond acceptors (Lipinski definition) is 3. The van der Waals surface area contributed by atoms with E-state index in [4.69, 9.17) is 10.2 Å². The summed E-state index contributed by atoms with van der Waals surface area (Å²) in [4.78, 5) is 7.71. The van der Waals surface area contributed by atoms with E-state index < -0.39 is 0 Å². The highest BCUT2D eigenvalue weighted by atomic mass is 15.2. The van der Waals surface area contributed by atoms with Gasteiger partial charge < -0.3 is 4.57 Å². The van der Waals surface area contributed by atoms with Crippen molar-refractivity contribution in [2.75, 3.05) is 13.1 Å². The van der Waals surface area contributed by atoms with Crippen LogP contribution in [0.25, 0.3) is 22.2 Å². The Bertz CT molecular complexity index is 1020. The summed E-state index contributed by atoms with van der Waals surface area (Å²) in [7, 11) is 0. The van der Waals surface area contributed by atoms with Crippen LogP contribution in [0.15, 0.2) is 42.5 Å². The molecule has 1 aromatic heterocycles. The second-order valence-corrected chi connectivity index (χ2v) is 8.15. The van der Waals surface area contributed by atoms with Gasteiger partial charge in [0.25, 0.3) is 0 Å². The Morgan fingerprint density at radius 2 is 1.68 bits per heavy atom. The first-order valence-corrected chi connectivity index (χ1v) is 10.6. The third-order valence-corrected chi connectivity index (χ3v) is 6.50. The molecule has 4 nitrogen and oxygen atoms in total. The SMILES string of the molecule is N#Cc1ccc(-c2ccc3c(c2)nc2n3CCN(C3CCCCC3)CC2)cc1. The van der Waals surface area contributed by atoms with Crippen molar-refractivity contribution in [2.45, 2.75) is 51.1 Å². The maximum Gasteiger partial charge on any atom is 0.111 e. The Labute approximate surface area is 166 Å². The number of nitriles is 1. The van der Waals surface area contributed by atoms with E-state index in [1.807, 2.05) is 24.3 Å². The van der Waals surface area contributed by atoms with Crippen LogP contribution in [0.3, 0.4) is 0 Å². The zero-order valence-corrected chi connectivity index (χ0v) is 16.3. The van der Waals surface area contributed by atoms with Gasteiger partial charge in [-0.25, -0.2) is 4.98 Å². The van der Waals surface area contributed by atoms with Crippen molar-refractivity contribution < 1.29 is 0 Å². The van der Waals surface area contributed by atoms with Gasteiger partial charge in [-0.3, -0.25) is 4.90 Å². The zero-order chi connectivity index (χ0) is 18.9. The van der Waals surface area contributed by atoms with Crippen LogP contribution in [0.5, 0.6) is 0 Å². The molecule has 1 aliphatic heterocycles. The summed E-state index contributed by atoms with van der Waals surface area (Å²) < 4.78 is 2.43. The van der Waals surface area contributed by atoms with Gasteiger partial charge in [-0.15, -0.1) is 0 Å². The Morgan fingerprint density at radius 3 is 2.46 bits per heavy atom. The molecule has 2 aliphatic rings. The zero-order valence-electron chi connectivity index (χ0n) is 16.3. The highest BCUT2D eigenvalue weighted by molar-refractivity contribution is 5.82. The van der Waals surface area contributed by atoms with E-state index in [0.29, 0.717) is 5.56 Å². The number of nitrogens with zero attached hydrogens (tertiary/aromatic N) is 4. The van der Waals surface area contributed by atoms with E-state index in [-0.39, 0.29) is 0 Å². The molecule has 0 spiro atoms. The predicted octanol–water partition coefficient (Wildman–Crippen LogP) is 4.77. The number of benzene rings is 2. The smallest absolute Gasteiger partial charge is 0.111 e. The van der Waals surface area contributed by atoms with Crippen molar-refractivity contribution in [1.82, 2.24) is 14.5 Å². The van der Waals surface area contributed by atoms with Crippen molar-refractivity contribution in [3.63, 3.8) is 0 Å². The van der Waals surface area contributed by atoms with Gasteiger partial charge in [0.2, 0.25) is 0 Å². The lowest BCUT2D eigenvalue weighted by Crippen LogP contribution is -2.38. The maximum atomic E-state index is 8.99. The van der Waals surface area contributed by atoms with E-state index >= 15 is 0 Å². The molecule has 3 aromatic rings. The number of rotatable bonds is 2. The van der Waals surface area contributed by atoms with E-state index in [9.17, 15) is 0 Å². The largest absolute Gasteiger partial charge is 0.327 e. The molecule has 0 radical (unpaired) electrons. The Kier molecular flexibility index (Phi) is 4.62. The van der Waals surface area contributed by atoms with Crippen LogP contribution in [0, 0.1) is 11.3 Å². The lowest BCUT2D eigenvalue weighted by atomic mass is 9.94. The average Bonchev–Trinajstić information content (AvgIpc) is 2.97. The van der Waals surface area contributed by atoms with Crippen molar-refractivity contribution >= 4 is 11.0 Å². The minimum atomic E-state index is 0.695. The van der Waals surface area contributed by atoms with Crippen LogP contribution in [-0.2, 0) is 13.0 Å². The van der Waals surface area contributed by atoms with Crippen molar-refractivity contribution in [3.8, 4) is 17.2 Å². The lowest BCUT2D eigenvalue weighted by Gasteiger charge is -2.33. The van der Waals surface area contributed by atoms with E-state index in [2.05, 4.69) is 33.7 Å². The summed E-state index contributed by atoms with van der Waals surface area (Å²) >= 11 is 0. The quantitative estimate of drug-likeness (QED) is 0.653.